The van der Waals surface area contributed by atoms with Gasteiger partial charge in [0.25, 0.3) is 0 Å². The number of anilines is 1. The number of benzene rings is 1. The molecule has 1 aromatic carbocycles. The van der Waals surface area contributed by atoms with Crippen molar-refractivity contribution in [2.45, 2.75) is 39.3 Å². The summed E-state index contributed by atoms with van der Waals surface area (Å²) in [6.07, 6.45) is 3.93. The molecule has 0 bridgehead atoms. The number of amides is 1. The Morgan fingerprint density at radius 3 is 3.04 bits per heavy atom. The monoisotopic (exact) mass is 345 g/mol. The predicted molar refractivity (Wildman–Crippen MR) is 96.7 cm³/mol. The Hall–Kier alpha value is -1.92. The molecule has 0 aliphatic carbocycles. The highest BCUT2D eigenvalue weighted by Crippen LogP contribution is 2.26. The largest absolute Gasteiger partial charge is 0.497 e. The fourth-order valence-electron chi connectivity index (χ4n) is 3.12. The van der Waals surface area contributed by atoms with E-state index in [-0.39, 0.29) is 5.91 Å². The van der Waals surface area contributed by atoms with Crippen LogP contribution in [0.1, 0.15) is 29.9 Å². The summed E-state index contributed by atoms with van der Waals surface area (Å²) in [5, 5.41) is 3.42. The average Bonchev–Trinajstić information content (AvgIpc) is 2.91. The van der Waals surface area contributed by atoms with Crippen LogP contribution >= 0.6 is 11.3 Å². The van der Waals surface area contributed by atoms with Crippen molar-refractivity contribution < 1.29 is 9.53 Å². The quantitative estimate of drug-likeness (QED) is 0.925. The Bertz CT molecular complexity index is 729. The molecule has 1 aliphatic rings. The molecule has 1 aliphatic heterocycles. The van der Waals surface area contributed by atoms with Crippen molar-refractivity contribution in [3.63, 3.8) is 0 Å². The van der Waals surface area contributed by atoms with E-state index in [1.165, 1.54) is 22.9 Å². The van der Waals surface area contributed by atoms with Gasteiger partial charge in [-0.1, -0.05) is 6.07 Å². The third-order valence-corrected chi connectivity index (χ3v) is 5.31. The normalized spacial score (nSPS) is 17.9. The zero-order chi connectivity index (χ0) is 17.1. The summed E-state index contributed by atoms with van der Waals surface area (Å²) in [4.78, 5) is 19.1. The maximum Gasteiger partial charge on any atom is 0.223 e. The van der Waals surface area contributed by atoms with E-state index in [1.807, 2.05) is 12.3 Å². The van der Waals surface area contributed by atoms with Crippen LogP contribution in [0.4, 0.5) is 5.13 Å². The number of aromatic nitrogens is 1. The van der Waals surface area contributed by atoms with Crippen LogP contribution in [0, 0.1) is 0 Å². The molecule has 2 heterocycles. The number of carbonyl (C=O) groups is 1. The van der Waals surface area contributed by atoms with Gasteiger partial charge in [-0.2, -0.15) is 0 Å². The number of thiazole rings is 1. The second-order valence-corrected chi connectivity index (χ2v) is 7.34. The van der Waals surface area contributed by atoms with Crippen LogP contribution in [-0.2, 0) is 24.2 Å². The Morgan fingerprint density at radius 1 is 1.46 bits per heavy atom. The van der Waals surface area contributed by atoms with Gasteiger partial charge in [-0.15, -0.1) is 11.3 Å². The highest BCUT2D eigenvalue weighted by molar-refractivity contribution is 7.15. The third kappa shape index (κ3) is 3.94. The highest BCUT2D eigenvalue weighted by atomic mass is 32.1. The second kappa shape index (κ2) is 7.32. The first-order valence-electron chi connectivity index (χ1n) is 8.17. The number of nitrogens with zero attached hydrogens (tertiary/aromatic N) is 2. The van der Waals surface area contributed by atoms with Crippen molar-refractivity contribution in [2.75, 3.05) is 19.0 Å². The fourth-order valence-corrected chi connectivity index (χ4v) is 4.00. The zero-order valence-corrected chi connectivity index (χ0v) is 15.2. The summed E-state index contributed by atoms with van der Waals surface area (Å²) in [6.45, 7) is 5.65. The summed E-state index contributed by atoms with van der Waals surface area (Å²) < 4.78 is 5.35. The molecule has 0 spiro atoms. The highest BCUT2D eigenvalue weighted by Gasteiger charge is 2.21. The van der Waals surface area contributed by atoms with E-state index in [0.29, 0.717) is 11.2 Å². The Labute approximate surface area is 146 Å². The minimum Gasteiger partial charge on any atom is -0.497 e. The lowest BCUT2D eigenvalue weighted by atomic mass is 10.0. The maximum atomic E-state index is 11.1. The smallest absolute Gasteiger partial charge is 0.223 e. The SMILES string of the molecule is COc1ccc2c(c1)CCN(Cc1cnc(NC(C)=O)s1)[C@H](C)C2. The van der Waals surface area contributed by atoms with Gasteiger partial charge in [0, 0.05) is 37.1 Å². The van der Waals surface area contributed by atoms with Crippen LogP contribution in [0.5, 0.6) is 5.75 Å². The van der Waals surface area contributed by atoms with E-state index in [0.717, 1.165) is 31.7 Å². The number of carbonyl (C=O) groups excluding carboxylic acids is 1. The maximum absolute atomic E-state index is 11.1. The van der Waals surface area contributed by atoms with Gasteiger partial charge in [-0.3, -0.25) is 9.69 Å². The van der Waals surface area contributed by atoms with Gasteiger partial charge in [0.15, 0.2) is 5.13 Å². The number of methoxy groups -OCH3 is 1. The van der Waals surface area contributed by atoms with Crippen molar-refractivity contribution in [3.8, 4) is 5.75 Å². The molecule has 6 heteroatoms. The molecule has 1 aromatic heterocycles. The number of fused-ring (bicyclic) bond motifs is 1. The van der Waals surface area contributed by atoms with E-state index < -0.39 is 0 Å². The first-order valence-corrected chi connectivity index (χ1v) is 8.99. The van der Waals surface area contributed by atoms with Crippen molar-refractivity contribution >= 4 is 22.4 Å². The standard InChI is InChI=1S/C18H23N3O2S/c1-12-8-14-4-5-16(23-3)9-15(14)6-7-21(12)11-17-10-19-18(24-17)20-13(2)22/h4-5,9-10,12H,6-8,11H2,1-3H3,(H,19,20,22)/t12-/m1/s1. The molecule has 3 rings (SSSR count). The summed E-state index contributed by atoms with van der Waals surface area (Å²) >= 11 is 1.55. The molecule has 5 nitrogen and oxygen atoms in total. The third-order valence-electron chi connectivity index (χ3n) is 4.42. The minimum absolute atomic E-state index is 0.0802. The second-order valence-electron chi connectivity index (χ2n) is 6.22. The number of rotatable bonds is 4. The molecule has 0 radical (unpaired) electrons. The molecule has 128 valence electrons. The van der Waals surface area contributed by atoms with E-state index in [9.17, 15) is 4.79 Å². The number of ether oxygens (including phenoxy) is 1. The predicted octanol–water partition coefficient (Wildman–Crippen LogP) is 3.10. The average molecular weight is 345 g/mol. The van der Waals surface area contributed by atoms with Crippen LogP contribution in [0.15, 0.2) is 24.4 Å². The van der Waals surface area contributed by atoms with Crippen molar-refractivity contribution in [1.82, 2.24) is 9.88 Å². The van der Waals surface area contributed by atoms with E-state index in [2.05, 4.69) is 34.3 Å². The molecule has 1 amide bonds. The van der Waals surface area contributed by atoms with Crippen LogP contribution in [0.2, 0.25) is 0 Å². The number of hydrogen-bond donors (Lipinski definition) is 1. The van der Waals surface area contributed by atoms with Gasteiger partial charge < -0.3 is 10.1 Å². The summed E-state index contributed by atoms with van der Waals surface area (Å²) in [6, 6.07) is 6.86. The molecular weight excluding hydrogens is 322 g/mol. The Kier molecular flexibility index (Phi) is 5.16. The molecule has 0 saturated heterocycles. The molecule has 0 fully saturated rings. The van der Waals surface area contributed by atoms with Crippen molar-refractivity contribution in [2.24, 2.45) is 0 Å². The van der Waals surface area contributed by atoms with E-state index >= 15 is 0 Å². The summed E-state index contributed by atoms with van der Waals surface area (Å²) in [5.74, 6) is 0.848. The molecule has 1 N–H and O–H groups in total. The van der Waals surface area contributed by atoms with Gasteiger partial charge in [0.1, 0.15) is 5.75 Å². The Balaban J connectivity index is 1.69. The Morgan fingerprint density at radius 2 is 2.29 bits per heavy atom. The molecule has 1 atom stereocenters. The van der Waals surface area contributed by atoms with Crippen LogP contribution < -0.4 is 10.1 Å². The van der Waals surface area contributed by atoms with Gasteiger partial charge in [-0.05, 0) is 43.0 Å². The van der Waals surface area contributed by atoms with Gasteiger partial charge >= 0.3 is 0 Å². The molecule has 24 heavy (non-hydrogen) atoms. The lowest BCUT2D eigenvalue weighted by molar-refractivity contribution is -0.114. The van der Waals surface area contributed by atoms with E-state index in [1.54, 1.807) is 18.4 Å². The minimum atomic E-state index is -0.0802. The lowest BCUT2D eigenvalue weighted by Crippen LogP contribution is -2.33. The topological polar surface area (TPSA) is 54.5 Å². The van der Waals surface area contributed by atoms with Crippen molar-refractivity contribution in [1.29, 1.82) is 0 Å². The molecule has 0 saturated carbocycles. The zero-order valence-electron chi connectivity index (χ0n) is 14.3. The lowest BCUT2D eigenvalue weighted by Gasteiger charge is -2.26. The van der Waals surface area contributed by atoms with Gasteiger partial charge in [-0.25, -0.2) is 4.98 Å². The van der Waals surface area contributed by atoms with Crippen LogP contribution in [0.25, 0.3) is 0 Å². The number of hydrogen-bond acceptors (Lipinski definition) is 5. The molecular formula is C18H23N3O2S. The first-order chi connectivity index (χ1) is 11.5. The van der Waals surface area contributed by atoms with Crippen molar-refractivity contribution in [3.05, 3.63) is 40.4 Å². The summed E-state index contributed by atoms with van der Waals surface area (Å²) in [5.41, 5.74) is 2.79. The summed E-state index contributed by atoms with van der Waals surface area (Å²) in [7, 11) is 1.71. The van der Waals surface area contributed by atoms with Gasteiger partial charge in [0.05, 0.1) is 7.11 Å². The van der Waals surface area contributed by atoms with Crippen LogP contribution in [0.3, 0.4) is 0 Å². The molecule has 2 aromatic rings. The fraction of sp³-hybridized carbons (Fsp3) is 0.444. The number of nitrogens with one attached hydrogen (secondary N) is 1. The van der Waals surface area contributed by atoms with Gasteiger partial charge in [0.2, 0.25) is 5.91 Å². The van der Waals surface area contributed by atoms with E-state index in [4.69, 9.17) is 4.74 Å². The first kappa shape index (κ1) is 16.9. The molecule has 0 unspecified atom stereocenters. The van der Waals surface area contributed by atoms with Crippen LogP contribution in [-0.4, -0.2) is 35.5 Å².